The standard InChI is InChI=1S/C42H37NO10/c1-2-42(38(44)48-27-31-15-7-3-8-16-31,43-39(45)49-28-32-17-9-4-10-18-32)26-35-23-24-36(52-40(46)50-29-33-19-11-5-12-20-33)37(25-35)53-41(47)51-30-34-21-13-6-14-22-34/h2-25H,1,26-30H2,(H,43,45)/t42-/m0/s1. The van der Waals surface area contributed by atoms with Gasteiger partial charge in [0.2, 0.25) is 0 Å². The maximum Gasteiger partial charge on any atom is 0.514 e. The van der Waals surface area contributed by atoms with Gasteiger partial charge in [0.15, 0.2) is 17.0 Å². The Morgan fingerprint density at radius 2 is 0.925 bits per heavy atom. The first-order valence-corrected chi connectivity index (χ1v) is 16.6. The topological polar surface area (TPSA) is 136 Å². The molecule has 0 aromatic heterocycles. The quantitative estimate of drug-likeness (QED) is 0.0488. The Labute approximate surface area is 306 Å². The fraction of sp³-hybridized carbons (Fsp3) is 0.143. The van der Waals surface area contributed by atoms with Crippen molar-refractivity contribution >= 4 is 24.4 Å². The maximum atomic E-state index is 13.8. The van der Waals surface area contributed by atoms with Crippen LogP contribution in [0.1, 0.15) is 27.8 Å². The number of benzene rings is 5. The zero-order valence-electron chi connectivity index (χ0n) is 28.7. The van der Waals surface area contributed by atoms with E-state index < -0.39 is 29.9 Å². The fourth-order valence-corrected chi connectivity index (χ4v) is 4.99. The van der Waals surface area contributed by atoms with Crippen LogP contribution in [0.25, 0.3) is 0 Å². The van der Waals surface area contributed by atoms with Crippen LogP contribution >= 0.6 is 0 Å². The smallest absolute Gasteiger partial charge is 0.459 e. The molecule has 0 fully saturated rings. The highest BCUT2D eigenvalue weighted by molar-refractivity contribution is 5.88. The van der Waals surface area contributed by atoms with E-state index in [0.717, 1.165) is 16.7 Å². The minimum atomic E-state index is -1.86. The molecule has 0 bridgehead atoms. The number of alkyl carbamates (subject to hydrolysis) is 1. The molecule has 11 nitrogen and oxygen atoms in total. The largest absolute Gasteiger partial charge is 0.514 e. The van der Waals surface area contributed by atoms with Crippen molar-refractivity contribution in [2.24, 2.45) is 0 Å². The van der Waals surface area contributed by atoms with E-state index in [1.165, 1.54) is 24.3 Å². The number of ether oxygens (including phenoxy) is 6. The minimum Gasteiger partial charge on any atom is -0.459 e. The second-order valence-electron chi connectivity index (χ2n) is 11.6. The van der Waals surface area contributed by atoms with Gasteiger partial charge >= 0.3 is 24.4 Å². The Morgan fingerprint density at radius 3 is 1.38 bits per heavy atom. The zero-order valence-corrected chi connectivity index (χ0v) is 28.7. The first-order valence-electron chi connectivity index (χ1n) is 16.6. The van der Waals surface area contributed by atoms with Crippen LogP contribution in [-0.2, 0) is 56.6 Å². The van der Waals surface area contributed by atoms with Gasteiger partial charge in [-0.2, -0.15) is 0 Å². The average molecular weight is 716 g/mol. The van der Waals surface area contributed by atoms with Gasteiger partial charge in [-0.05, 0) is 39.9 Å². The van der Waals surface area contributed by atoms with Crippen LogP contribution < -0.4 is 14.8 Å². The lowest BCUT2D eigenvalue weighted by Gasteiger charge is -2.29. The number of nitrogens with one attached hydrogen (secondary N) is 1. The number of carbonyl (C=O) groups excluding carboxylic acids is 4. The summed E-state index contributed by atoms with van der Waals surface area (Å²) in [6, 6.07) is 40.2. The summed E-state index contributed by atoms with van der Waals surface area (Å²) in [5, 5.41) is 2.62. The Morgan fingerprint density at radius 1 is 0.509 bits per heavy atom. The first-order chi connectivity index (χ1) is 25.8. The molecule has 1 atom stereocenters. The van der Waals surface area contributed by atoms with Crippen LogP contribution in [0.3, 0.4) is 0 Å². The summed E-state index contributed by atoms with van der Waals surface area (Å²) in [5.74, 6) is -1.23. The normalized spacial score (nSPS) is 11.5. The molecule has 0 heterocycles. The lowest BCUT2D eigenvalue weighted by Crippen LogP contribution is -2.55. The highest BCUT2D eigenvalue weighted by atomic mass is 16.7. The van der Waals surface area contributed by atoms with E-state index in [9.17, 15) is 19.2 Å². The zero-order chi connectivity index (χ0) is 37.3. The predicted octanol–water partition coefficient (Wildman–Crippen LogP) is 8.25. The van der Waals surface area contributed by atoms with Crippen LogP contribution in [0.5, 0.6) is 11.5 Å². The Hall–Kier alpha value is -6.88. The molecule has 270 valence electrons. The summed E-state index contributed by atoms with van der Waals surface area (Å²) >= 11 is 0. The summed E-state index contributed by atoms with van der Waals surface area (Å²) in [7, 11) is 0. The lowest BCUT2D eigenvalue weighted by molar-refractivity contribution is -0.150. The molecule has 1 amide bonds. The van der Waals surface area contributed by atoms with Gasteiger partial charge < -0.3 is 33.7 Å². The fourth-order valence-electron chi connectivity index (χ4n) is 4.99. The van der Waals surface area contributed by atoms with E-state index >= 15 is 0 Å². The van der Waals surface area contributed by atoms with E-state index in [1.807, 2.05) is 24.3 Å². The van der Waals surface area contributed by atoms with E-state index in [1.54, 1.807) is 97.1 Å². The molecule has 0 radical (unpaired) electrons. The second-order valence-corrected chi connectivity index (χ2v) is 11.6. The van der Waals surface area contributed by atoms with Crippen molar-refractivity contribution in [2.45, 2.75) is 38.4 Å². The predicted molar refractivity (Wildman–Crippen MR) is 194 cm³/mol. The van der Waals surface area contributed by atoms with Crippen molar-refractivity contribution < 1.29 is 47.6 Å². The van der Waals surface area contributed by atoms with Crippen molar-refractivity contribution in [1.82, 2.24) is 5.32 Å². The molecule has 1 N–H and O–H groups in total. The molecular weight excluding hydrogens is 678 g/mol. The Kier molecular flexibility index (Phi) is 13.3. The summed E-state index contributed by atoms with van der Waals surface area (Å²) in [6.07, 6.45) is -2.05. The molecular formula is C42H37NO10. The van der Waals surface area contributed by atoms with Gasteiger partial charge in [-0.3, -0.25) is 0 Å². The van der Waals surface area contributed by atoms with Crippen molar-refractivity contribution in [1.29, 1.82) is 0 Å². The summed E-state index contributed by atoms with van der Waals surface area (Å²) in [4.78, 5) is 52.5. The molecule has 0 saturated heterocycles. The van der Waals surface area contributed by atoms with Crippen molar-refractivity contribution in [3.63, 3.8) is 0 Å². The molecule has 0 aliphatic heterocycles. The molecule has 0 aliphatic rings. The van der Waals surface area contributed by atoms with E-state index in [4.69, 9.17) is 28.4 Å². The summed E-state index contributed by atoms with van der Waals surface area (Å²) in [5.41, 5.74) is 1.39. The van der Waals surface area contributed by atoms with Crippen molar-refractivity contribution in [3.8, 4) is 11.5 Å². The molecule has 53 heavy (non-hydrogen) atoms. The van der Waals surface area contributed by atoms with E-state index in [0.29, 0.717) is 11.1 Å². The first kappa shape index (κ1) is 37.4. The average Bonchev–Trinajstić information content (AvgIpc) is 3.20. The molecule has 11 heteroatoms. The van der Waals surface area contributed by atoms with Gasteiger partial charge in [0.1, 0.15) is 26.4 Å². The van der Waals surface area contributed by atoms with Crippen LogP contribution in [0.2, 0.25) is 0 Å². The number of carbonyl (C=O) groups is 4. The van der Waals surface area contributed by atoms with E-state index in [-0.39, 0.29) is 44.3 Å². The van der Waals surface area contributed by atoms with Gasteiger partial charge in [-0.15, -0.1) is 6.58 Å². The number of amides is 1. The molecule has 0 aliphatic carbocycles. The summed E-state index contributed by atoms with van der Waals surface area (Å²) < 4.78 is 32.6. The van der Waals surface area contributed by atoms with E-state index in [2.05, 4.69) is 11.9 Å². The van der Waals surface area contributed by atoms with Crippen LogP contribution in [-0.4, -0.2) is 29.9 Å². The summed E-state index contributed by atoms with van der Waals surface area (Å²) in [6.45, 7) is 3.54. The number of hydrogen-bond acceptors (Lipinski definition) is 10. The third-order valence-corrected chi connectivity index (χ3v) is 7.74. The molecule has 0 unspecified atom stereocenters. The van der Waals surface area contributed by atoms with Crippen molar-refractivity contribution in [2.75, 3.05) is 0 Å². The van der Waals surface area contributed by atoms with Crippen LogP contribution in [0, 0.1) is 0 Å². The van der Waals surface area contributed by atoms with Crippen molar-refractivity contribution in [3.05, 3.63) is 180 Å². The molecule has 0 saturated carbocycles. The highest BCUT2D eigenvalue weighted by Crippen LogP contribution is 2.32. The van der Waals surface area contributed by atoms with Crippen LogP contribution in [0.15, 0.2) is 152 Å². The Bertz CT molecular complexity index is 1970. The molecule has 5 aromatic rings. The Balaban J connectivity index is 1.38. The SMILES string of the molecule is C=C[C@@](Cc1ccc(OC(=O)OCc2ccccc2)c(OC(=O)OCc2ccccc2)c1)(NC(=O)OCc1ccccc1)C(=O)OCc1ccccc1. The molecule has 5 aromatic carbocycles. The van der Waals surface area contributed by atoms with Crippen LogP contribution in [0.4, 0.5) is 14.4 Å². The van der Waals surface area contributed by atoms with Gasteiger partial charge in [-0.25, -0.2) is 19.2 Å². The molecule has 0 spiro atoms. The van der Waals surface area contributed by atoms with Gasteiger partial charge in [0.05, 0.1) is 0 Å². The highest BCUT2D eigenvalue weighted by Gasteiger charge is 2.40. The van der Waals surface area contributed by atoms with Gasteiger partial charge in [-0.1, -0.05) is 133 Å². The van der Waals surface area contributed by atoms with Gasteiger partial charge in [0, 0.05) is 6.42 Å². The lowest BCUT2D eigenvalue weighted by atomic mass is 9.90. The number of hydrogen-bond donors (Lipinski definition) is 1. The molecule has 5 rings (SSSR count). The number of esters is 1. The maximum absolute atomic E-state index is 13.8. The monoisotopic (exact) mass is 715 g/mol. The third kappa shape index (κ3) is 11.6. The minimum absolute atomic E-state index is 0.0611. The second kappa shape index (κ2) is 18.9. The third-order valence-electron chi connectivity index (χ3n) is 7.74. The number of rotatable bonds is 15. The van der Waals surface area contributed by atoms with Gasteiger partial charge in [0.25, 0.3) is 0 Å².